The Hall–Kier alpha value is -1.59. The van der Waals surface area contributed by atoms with Gasteiger partial charge >= 0.3 is 0 Å². The van der Waals surface area contributed by atoms with Gasteiger partial charge in [-0.25, -0.2) is 0 Å². The molecule has 1 N–H and O–H groups in total. The Morgan fingerprint density at radius 2 is 1.67 bits per heavy atom. The first kappa shape index (κ1) is 23.1. The van der Waals surface area contributed by atoms with Crippen molar-refractivity contribution in [3.8, 4) is 0 Å². The van der Waals surface area contributed by atoms with Gasteiger partial charge in [0, 0.05) is 44.3 Å². The van der Waals surface area contributed by atoms with Crippen molar-refractivity contribution in [1.29, 1.82) is 0 Å². The molecule has 30 heavy (non-hydrogen) atoms. The number of thioether (sulfide) groups is 2. The van der Waals surface area contributed by atoms with Gasteiger partial charge < -0.3 is 5.32 Å². The zero-order valence-corrected chi connectivity index (χ0v) is 19.8. The summed E-state index contributed by atoms with van der Waals surface area (Å²) in [6.45, 7) is 2.70. The number of hydrogen-bond donors (Lipinski definition) is 1. The highest BCUT2D eigenvalue weighted by atomic mass is 35.5. The van der Waals surface area contributed by atoms with Crippen molar-refractivity contribution in [2.24, 2.45) is 0 Å². The second-order valence-corrected chi connectivity index (χ2v) is 9.84. The van der Waals surface area contributed by atoms with Crippen LogP contribution in [0.1, 0.15) is 27.0 Å². The van der Waals surface area contributed by atoms with E-state index in [0.29, 0.717) is 22.2 Å². The molecule has 1 amide bonds. The third-order valence-corrected chi connectivity index (χ3v) is 7.13. The first-order valence-corrected chi connectivity index (χ1v) is 12.5. The minimum Gasteiger partial charge on any atom is -0.351 e. The molecule has 0 radical (unpaired) electrons. The Balaban J connectivity index is 1.38. The first-order chi connectivity index (χ1) is 14.5. The molecular weight excluding hydrogens is 453 g/mol. The third kappa shape index (κ3) is 7.28. The molecule has 156 valence electrons. The van der Waals surface area contributed by atoms with Crippen LogP contribution in [0.4, 0.5) is 0 Å². The lowest BCUT2D eigenvalue weighted by molar-refractivity contribution is 0.0956. The Morgan fingerprint density at radius 1 is 0.933 bits per heavy atom. The van der Waals surface area contributed by atoms with Crippen molar-refractivity contribution < 1.29 is 4.79 Å². The van der Waals surface area contributed by atoms with Crippen molar-refractivity contribution in [3.05, 3.63) is 99.0 Å². The van der Waals surface area contributed by atoms with Crippen LogP contribution in [0.25, 0.3) is 0 Å². The maximum atomic E-state index is 12.3. The second kappa shape index (κ2) is 11.7. The van der Waals surface area contributed by atoms with E-state index in [9.17, 15) is 4.79 Å². The molecule has 6 heteroatoms. The maximum absolute atomic E-state index is 12.3. The largest absolute Gasteiger partial charge is 0.351 e. The number of aryl methyl sites for hydroxylation is 1. The van der Waals surface area contributed by atoms with Gasteiger partial charge in [0.1, 0.15) is 0 Å². The summed E-state index contributed by atoms with van der Waals surface area (Å²) in [5, 5.41) is 4.29. The van der Waals surface area contributed by atoms with Gasteiger partial charge in [-0.1, -0.05) is 59.1 Å². The molecule has 0 aliphatic rings. The van der Waals surface area contributed by atoms with Crippen molar-refractivity contribution in [1.82, 2.24) is 5.32 Å². The molecule has 0 saturated carbocycles. The summed E-state index contributed by atoms with van der Waals surface area (Å²) >= 11 is 15.6. The molecule has 2 nitrogen and oxygen atoms in total. The third-order valence-electron chi connectivity index (χ3n) is 4.45. The van der Waals surface area contributed by atoms with Crippen molar-refractivity contribution >= 4 is 52.6 Å². The molecule has 0 fully saturated rings. The van der Waals surface area contributed by atoms with E-state index in [4.69, 9.17) is 23.2 Å². The van der Waals surface area contributed by atoms with Crippen LogP contribution in [0.3, 0.4) is 0 Å². The minimum atomic E-state index is -0.0436. The monoisotopic (exact) mass is 475 g/mol. The van der Waals surface area contributed by atoms with E-state index in [1.807, 2.05) is 36.4 Å². The predicted octanol–water partition coefficient (Wildman–Crippen LogP) is 7.26. The van der Waals surface area contributed by atoms with Crippen LogP contribution in [0.15, 0.2) is 71.6 Å². The second-order valence-electron chi connectivity index (χ2n) is 6.84. The number of benzene rings is 3. The normalized spacial score (nSPS) is 10.8. The summed E-state index contributed by atoms with van der Waals surface area (Å²) in [4.78, 5) is 13.6. The van der Waals surface area contributed by atoms with Gasteiger partial charge in [-0.2, -0.15) is 11.8 Å². The molecule has 0 bridgehead atoms. The smallest absolute Gasteiger partial charge is 0.251 e. The average Bonchev–Trinajstić information content (AvgIpc) is 2.74. The predicted molar refractivity (Wildman–Crippen MR) is 132 cm³/mol. The van der Waals surface area contributed by atoms with Gasteiger partial charge in [-0.15, -0.1) is 11.8 Å². The summed E-state index contributed by atoms with van der Waals surface area (Å²) in [6, 6.07) is 21.9. The van der Waals surface area contributed by atoms with E-state index >= 15 is 0 Å². The van der Waals surface area contributed by atoms with Crippen molar-refractivity contribution in [2.75, 3.05) is 12.3 Å². The number of carbonyl (C=O) groups excluding carboxylic acids is 1. The zero-order valence-electron chi connectivity index (χ0n) is 16.7. The Morgan fingerprint density at radius 3 is 2.37 bits per heavy atom. The summed E-state index contributed by atoms with van der Waals surface area (Å²) in [7, 11) is 0. The zero-order chi connectivity index (χ0) is 21.3. The van der Waals surface area contributed by atoms with Gasteiger partial charge in [0.25, 0.3) is 5.91 Å². The molecule has 0 saturated heterocycles. The number of nitrogens with one attached hydrogen (secondary N) is 1. The van der Waals surface area contributed by atoms with Crippen LogP contribution in [0.2, 0.25) is 10.0 Å². The average molecular weight is 476 g/mol. The minimum absolute atomic E-state index is 0.0436. The molecule has 3 aromatic rings. The molecule has 0 aromatic heterocycles. The number of hydrogen-bond acceptors (Lipinski definition) is 3. The van der Waals surface area contributed by atoms with E-state index in [1.54, 1.807) is 29.6 Å². The van der Waals surface area contributed by atoms with Crippen molar-refractivity contribution in [2.45, 2.75) is 23.3 Å². The van der Waals surface area contributed by atoms with E-state index in [-0.39, 0.29) is 5.91 Å². The van der Waals surface area contributed by atoms with E-state index in [2.05, 4.69) is 36.5 Å². The van der Waals surface area contributed by atoms with Gasteiger partial charge in [0.05, 0.1) is 0 Å². The lowest BCUT2D eigenvalue weighted by atomic mass is 10.1. The summed E-state index contributed by atoms with van der Waals surface area (Å²) < 4.78 is 0. The van der Waals surface area contributed by atoms with Crippen molar-refractivity contribution in [3.63, 3.8) is 0 Å². The summed E-state index contributed by atoms with van der Waals surface area (Å²) in [5.74, 6) is 2.45. The van der Waals surface area contributed by atoms with E-state index in [1.165, 1.54) is 16.0 Å². The Labute approximate surface area is 196 Å². The van der Waals surface area contributed by atoms with Crippen LogP contribution in [0.5, 0.6) is 0 Å². The molecule has 3 aromatic carbocycles. The molecule has 0 aliphatic carbocycles. The van der Waals surface area contributed by atoms with Crippen LogP contribution < -0.4 is 5.32 Å². The highest BCUT2D eigenvalue weighted by molar-refractivity contribution is 7.98. The number of carbonyl (C=O) groups is 1. The topological polar surface area (TPSA) is 29.1 Å². The van der Waals surface area contributed by atoms with Crippen LogP contribution in [-0.4, -0.2) is 18.2 Å². The molecule has 0 unspecified atom stereocenters. The highest BCUT2D eigenvalue weighted by Gasteiger charge is 2.06. The molecule has 0 atom stereocenters. The van der Waals surface area contributed by atoms with Gasteiger partial charge in [-0.3, -0.25) is 4.79 Å². The fourth-order valence-corrected chi connectivity index (χ4v) is 4.98. The van der Waals surface area contributed by atoms with E-state index in [0.717, 1.165) is 22.8 Å². The molecule has 0 aliphatic heterocycles. The lowest BCUT2D eigenvalue weighted by Crippen LogP contribution is -2.25. The summed E-state index contributed by atoms with van der Waals surface area (Å²) in [6.07, 6.45) is 0. The first-order valence-electron chi connectivity index (χ1n) is 9.59. The molecule has 3 rings (SSSR count). The van der Waals surface area contributed by atoms with Crippen LogP contribution in [0, 0.1) is 6.92 Å². The SMILES string of the molecule is Cc1ccc(SCc2ccc(C(=O)NCCSCc3ccc(Cl)cc3Cl)cc2)cc1. The Bertz CT molecular complexity index is 976. The number of amides is 1. The molecule has 0 spiro atoms. The Kier molecular flexibility index (Phi) is 9.01. The number of halogens is 2. The standard InChI is InChI=1S/C24H23Cl2NOS2/c1-17-2-10-22(11-3-17)30-15-18-4-6-19(7-5-18)24(28)27-12-13-29-16-20-8-9-21(25)14-23(20)26/h2-11,14H,12-13,15-16H2,1H3,(H,27,28). The van der Waals surface area contributed by atoms with Crippen LogP contribution >= 0.6 is 46.7 Å². The summed E-state index contributed by atoms with van der Waals surface area (Å²) in [5.41, 5.74) is 4.20. The fraction of sp³-hybridized carbons (Fsp3) is 0.208. The molecule has 0 heterocycles. The lowest BCUT2D eigenvalue weighted by Gasteiger charge is -2.08. The number of rotatable bonds is 9. The maximum Gasteiger partial charge on any atom is 0.251 e. The van der Waals surface area contributed by atoms with Gasteiger partial charge in [0.15, 0.2) is 0 Å². The quantitative estimate of drug-likeness (QED) is 0.260. The van der Waals surface area contributed by atoms with Gasteiger partial charge in [-0.05, 0) is 54.4 Å². The van der Waals surface area contributed by atoms with E-state index < -0.39 is 0 Å². The molecular formula is C24H23Cl2NOS2. The van der Waals surface area contributed by atoms with Crippen LogP contribution in [-0.2, 0) is 11.5 Å². The highest BCUT2D eigenvalue weighted by Crippen LogP contribution is 2.25. The fourth-order valence-electron chi connectivity index (χ4n) is 2.71. The van der Waals surface area contributed by atoms with Gasteiger partial charge in [0.2, 0.25) is 0 Å².